The highest BCUT2D eigenvalue weighted by atomic mass is 31.2. The molecule has 0 aromatic carbocycles. The molecule has 1 aliphatic rings. The minimum absolute atomic E-state index is 0.0326. The van der Waals surface area contributed by atoms with Crippen LogP contribution in [0.3, 0.4) is 0 Å². The van der Waals surface area contributed by atoms with Crippen LogP contribution in [0.4, 0.5) is 0 Å². The van der Waals surface area contributed by atoms with E-state index < -0.39 is 26.5 Å². The molecule has 0 aromatic heterocycles. The number of phosphoric acid groups is 1. The summed E-state index contributed by atoms with van der Waals surface area (Å²) >= 11 is 0. The number of rotatable bonds is 30. The first-order chi connectivity index (χ1) is 21.9. The molecule has 0 heterocycles. The van der Waals surface area contributed by atoms with Gasteiger partial charge in [0.25, 0.3) is 0 Å². The Kier molecular flexibility index (Phi) is 28.3. The number of likely N-dealkylation sites (N-methyl/N-ethyl adjacent to an activating group) is 1. The van der Waals surface area contributed by atoms with Gasteiger partial charge in [0.05, 0.1) is 27.7 Å². The molecule has 9 nitrogen and oxygen atoms in total. The van der Waals surface area contributed by atoms with E-state index in [0.29, 0.717) is 17.4 Å². The van der Waals surface area contributed by atoms with Gasteiger partial charge in [0.1, 0.15) is 19.8 Å². The van der Waals surface area contributed by atoms with E-state index in [4.69, 9.17) is 18.5 Å². The van der Waals surface area contributed by atoms with E-state index in [2.05, 4.69) is 13.8 Å². The van der Waals surface area contributed by atoms with Gasteiger partial charge in [-0.15, -0.1) is 0 Å². The zero-order valence-electron chi connectivity index (χ0n) is 30.7. The summed E-state index contributed by atoms with van der Waals surface area (Å²) in [6.45, 7) is 6.06. The number of esters is 2. The van der Waals surface area contributed by atoms with Crippen molar-refractivity contribution in [1.29, 1.82) is 0 Å². The highest BCUT2D eigenvalue weighted by Crippen LogP contribution is 2.43. The van der Waals surface area contributed by atoms with Crippen LogP contribution in [0.5, 0.6) is 0 Å². The maximum absolute atomic E-state index is 12.1. The molecule has 0 aliphatic heterocycles. The third-order valence-electron chi connectivity index (χ3n) is 8.10. The van der Waals surface area contributed by atoms with Crippen molar-refractivity contribution in [2.75, 3.05) is 47.5 Å². The summed E-state index contributed by atoms with van der Waals surface area (Å²) < 4.78 is 33.1. The smallest absolute Gasteiger partial charge is 0.462 e. The second-order valence-electron chi connectivity index (χ2n) is 14.0. The summed E-state index contributed by atoms with van der Waals surface area (Å²) in [4.78, 5) is 33.7. The summed E-state index contributed by atoms with van der Waals surface area (Å²) in [5.74, 6) is 0.259. The van der Waals surface area contributed by atoms with Gasteiger partial charge < -0.3 is 18.9 Å². The van der Waals surface area contributed by atoms with E-state index in [1.165, 1.54) is 109 Å². The Morgan fingerprint density at radius 2 is 1.22 bits per heavy atom. The molecule has 1 aliphatic carbocycles. The molecule has 2 atom stereocenters. The molecule has 274 valence electrons. The zero-order valence-corrected chi connectivity index (χ0v) is 31.6. The number of unbranched alkanes of at least 4 members (excludes halogenated alkanes) is 15. The van der Waals surface area contributed by atoms with Crippen molar-refractivity contribution < 1.29 is 42.1 Å². The molecule has 0 bridgehead atoms. The number of carbonyl (C=O) groups is 2. The van der Waals surface area contributed by atoms with Crippen molar-refractivity contribution in [3.63, 3.8) is 0 Å². The topological polar surface area (TPSA) is 108 Å². The lowest BCUT2D eigenvalue weighted by molar-refractivity contribution is -0.870. The first-order valence-corrected chi connectivity index (χ1v) is 20.2. The molecule has 0 spiro atoms. The Labute approximate surface area is 283 Å². The van der Waals surface area contributed by atoms with Crippen LogP contribution < -0.4 is 0 Å². The number of nitrogens with zero attached hydrogens (tertiary/aromatic N) is 1. The largest absolute Gasteiger partial charge is 0.472 e. The molecule has 1 unspecified atom stereocenters. The molecular formula is C36H73NO8P+. The lowest BCUT2D eigenvalue weighted by atomic mass is 10.0. The highest BCUT2D eigenvalue weighted by Gasteiger charge is 2.26. The molecule has 1 rings (SSSR count). The van der Waals surface area contributed by atoms with Crippen molar-refractivity contribution in [3.8, 4) is 0 Å². The Morgan fingerprint density at radius 1 is 0.717 bits per heavy atom. The maximum Gasteiger partial charge on any atom is 0.472 e. The van der Waals surface area contributed by atoms with Gasteiger partial charge in [-0.2, -0.15) is 0 Å². The van der Waals surface area contributed by atoms with Crippen LogP contribution in [-0.4, -0.2) is 74.9 Å². The number of phosphoric ester groups is 1. The lowest BCUT2D eigenvalue weighted by Crippen LogP contribution is -2.37. The molecular weight excluding hydrogens is 605 g/mol. The van der Waals surface area contributed by atoms with Crippen molar-refractivity contribution >= 4 is 19.8 Å². The van der Waals surface area contributed by atoms with Crippen LogP contribution in [0, 0.1) is 5.92 Å². The van der Waals surface area contributed by atoms with E-state index in [-0.39, 0.29) is 25.6 Å². The fraction of sp³-hybridized carbons (Fsp3) is 0.944. The number of quaternary nitrogens is 1. The molecule has 0 saturated heterocycles. The summed E-state index contributed by atoms with van der Waals surface area (Å²) in [5, 5.41) is 0. The van der Waals surface area contributed by atoms with E-state index in [9.17, 15) is 19.0 Å². The van der Waals surface area contributed by atoms with Crippen molar-refractivity contribution in [3.05, 3.63) is 0 Å². The van der Waals surface area contributed by atoms with Gasteiger partial charge in [-0.3, -0.25) is 18.6 Å². The minimum Gasteiger partial charge on any atom is -0.462 e. The SMILES string of the molecule is CCCCCC1CC1.CCCCCCCCCCCCCCCCC(=O)OC[C@H](COP(=O)(O)OCC[N+](C)(C)C)OC(=O)CC. The van der Waals surface area contributed by atoms with E-state index >= 15 is 0 Å². The fourth-order valence-corrected chi connectivity index (χ4v) is 5.58. The first kappa shape index (κ1) is 45.0. The average Bonchev–Trinajstić information content (AvgIpc) is 3.83. The monoisotopic (exact) mass is 679 g/mol. The van der Waals surface area contributed by atoms with Gasteiger partial charge in [-0.05, 0) is 12.3 Å². The number of hydrogen-bond acceptors (Lipinski definition) is 7. The lowest BCUT2D eigenvalue weighted by Gasteiger charge is -2.24. The van der Waals surface area contributed by atoms with Crippen LogP contribution in [0.25, 0.3) is 0 Å². The molecule has 1 saturated carbocycles. The molecule has 46 heavy (non-hydrogen) atoms. The predicted molar refractivity (Wildman–Crippen MR) is 188 cm³/mol. The van der Waals surface area contributed by atoms with Gasteiger partial charge in [0.15, 0.2) is 6.10 Å². The first-order valence-electron chi connectivity index (χ1n) is 18.7. The molecule has 0 aromatic rings. The van der Waals surface area contributed by atoms with E-state index in [1.54, 1.807) is 6.92 Å². The Morgan fingerprint density at radius 3 is 1.70 bits per heavy atom. The second-order valence-corrected chi connectivity index (χ2v) is 15.5. The van der Waals surface area contributed by atoms with Gasteiger partial charge in [0.2, 0.25) is 0 Å². The number of hydrogen-bond donors (Lipinski definition) is 1. The van der Waals surface area contributed by atoms with Crippen LogP contribution in [-0.2, 0) is 32.7 Å². The highest BCUT2D eigenvalue weighted by molar-refractivity contribution is 7.47. The standard InChI is InChI=1S/C28H56NO8P.C8H16/c1-6-8-9-10-11-12-13-14-15-16-17-18-19-20-21-28(31)34-24-26(37-27(30)7-2)25-36-38(32,33)35-23-22-29(3,4)5;1-2-3-4-5-8-6-7-8/h26H,6-25H2,1-5H3;8H,2-7H2,1H3/p+1/t26-;/m1./s1. The van der Waals surface area contributed by atoms with E-state index in [0.717, 1.165) is 25.2 Å². The fourth-order valence-electron chi connectivity index (χ4n) is 4.84. The summed E-state index contributed by atoms with van der Waals surface area (Å²) in [6, 6.07) is 0. The van der Waals surface area contributed by atoms with E-state index in [1.807, 2.05) is 21.1 Å². The van der Waals surface area contributed by atoms with Gasteiger partial charge in [-0.25, -0.2) is 4.57 Å². The van der Waals surface area contributed by atoms with Gasteiger partial charge in [0, 0.05) is 12.8 Å². The van der Waals surface area contributed by atoms with Gasteiger partial charge >= 0.3 is 19.8 Å². The van der Waals surface area contributed by atoms with Crippen molar-refractivity contribution in [1.82, 2.24) is 0 Å². The molecule has 0 amide bonds. The summed E-state index contributed by atoms with van der Waals surface area (Å²) in [7, 11) is 1.47. The molecule has 10 heteroatoms. The zero-order chi connectivity index (χ0) is 34.5. The van der Waals surface area contributed by atoms with Crippen molar-refractivity contribution in [2.45, 2.75) is 168 Å². The molecule has 1 N–H and O–H groups in total. The van der Waals surface area contributed by atoms with Crippen LogP contribution in [0.2, 0.25) is 0 Å². The summed E-state index contributed by atoms with van der Waals surface area (Å²) in [6.07, 6.45) is 25.7. The van der Waals surface area contributed by atoms with Crippen molar-refractivity contribution in [2.24, 2.45) is 5.92 Å². The predicted octanol–water partition coefficient (Wildman–Crippen LogP) is 9.54. The quantitative estimate of drug-likeness (QED) is 0.0346. The minimum atomic E-state index is -4.32. The number of carbonyl (C=O) groups excluding carboxylic acids is 2. The third-order valence-corrected chi connectivity index (χ3v) is 9.09. The summed E-state index contributed by atoms with van der Waals surface area (Å²) in [5.41, 5.74) is 0. The van der Waals surface area contributed by atoms with Crippen LogP contribution >= 0.6 is 7.82 Å². The average molecular weight is 679 g/mol. The maximum atomic E-state index is 12.1. The normalized spacial score (nSPS) is 15.0. The second kappa shape index (κ2) is 29.0. The van der Waals surface area contributed by atoms with Crippen LogP contribution in [0.1, 0.15) is 162 Å². The number of ether oxygens (including phenoxy) is 2. The molecule has 1 fully saturated rings. The van der Waals surface area contributed by atoms with Gasteiger partial charge in [-0.1, -0.05) is 143 Å². The third kappa shape index (κ3) is 32.9. The Bertz CT molecular complexity index is 784. The molecule has 0 radical (unpaired) electrons. The Hall–Kier alpha value is -0.990. The Balaban J connectivity index is 0.00000218. The van der Waals surface area contributed by atoms with Crippen LogP contribution in [0.15, 0.2) is 0 Å².